The Morgan fingerprint density at radius 2 is 1.18 bits per heavy atom. The van der Waals surface area contributed by atoms with Crippen LogP contribution in [0.4, 0.5) is 49.6 Å². The molecule has 1 aromatic rings. The Kier molecular flexibility index (Phi) is 4.43. The van der Waals surface area contributed by atoms with E-state index in [-0.39, 0.29) is 6.07 Å². The first-order chi connectivity index (χ1) is 9.53. The average molecular weight is 408 g/mol. The first kappa shape index (κ1) is 18.8. The maximum absolute atomic E-state index is 13.7. The lowest BCUT2D eigenvalue weighted by Crippen LogP contribution is -2.50. The summed E-state index contributed by atoms with van der Waals surface area (Å²) >= 11 is 2.29. The molecule has 0 fully saturated rings. The molecule has 0 unspecified atom stereocenters. The van der Waals surface area contributed by atoms with Crippen LogP contribution in [-0.2, 0) is 11.8 Å². The van der Waals surface area contributed by atoms with Gasteiger partial charge in [0.1, 0.15) is 0 Å². The molecule has 0 aliphatic rings. The van der Waals surface area contributed by atoms with Crippen molar-refractivity contribution in [3.63, 3.8) is 0 Å². The Bertz CT molecular complexity index is 557. The second kappa shape index (κ2) is 5.17. The van der Waals surface area contributed by atoms with Crippen molar-refractivity contribution in [3.05, 3.63) is 27.7 Å². The average Bonchev–Trinajstić information content (AvgIpc) is 2.26. The van der Waals surface area contributed by atoms with Gasteiger partial charge in [-0.3, -0.25) is 0 Å². The summed E-state index contributed by atoms with van der Waals surface area (Å²) in [5.74, 6) is 0. The fourth-order valence-corrected chi connectivity index (χ4v) is 2.00. The van der Waals surface area contributed by atoms with Crippen molar-refractivity contribution in [3.8, 4) is 0 Å². The molecule has 0 aliphatic heterocycles. The van der Waals surface area contributed by atoms with E-state index in [9.17, 15) is 43.9 Å². The van der Waals surface area contributed by atoms with Gasteiger partial charge < -0.3 is 5.73 Å². The molecule has 1 nitrogen and oxygen atoms in total. The third-order valence-corrected chi connectivity index (χ3v) is 3.27. The quantitative estimate of drug-likeness (QED) is 0.493. The predicted molar refractivity (Wildman–Crippen MR) is 58.5 cm³/mol. The lowest BCUT2D eigenvalue weighted by molar-refractivity contribution is -0.348. The Morgan fingerprint density at radius 1 is 0.773 bits per heavy atom. The Morgan fingerprint density at radius 3 is 1.50 bits per heavy atom. The van der Waals surface area contributed by atoms with Gasteiger partial charge in [0.15, 0.2) is 0 Å². The maximum atomic E-state index is 13.7. The van der Waals surface area contributed by atoms with Crippen molar-refractivity contribution in [2.75, 3.05) is 5.73 Å². The van der Waals surface area contributed by atoms with Crippen LogP contribution in [0.3, 0.4) is 0 Å². The van der Waals surface area contributed by atoms with Crippen molar-refractivity contribution in [2.24, 2.45) is 0 Å². The summed E-state index contributed by atoms with van der Waals surface area (Å²) in [6.45, 7) is 0. The van der Waals surface area contributed by atoms with Gasteiger partial charge in [0.2, 0.25) is 0 Å². The van der Waals surface area contributed by atoms with Crippen LogP contribution in [0, 0.1) is 0 Å². The minimum absolute atomic E-state index is 0.0917. The van der Waals surface area contributed by atoms with E-state index in [4.69, 9.17) is 5.73 Å². The fourth-order valence-electron chi connectivity index (χ4n) is 1.54. The molecule has 12 heteroatoms. The molecule has 0 saturated heterocycles. The van der Waals surface area contributed by atoms with Gasteiger partial charge in [0, 0.05) is 10.0 Å². The lowest BCUT2D eigenvalue weighted by atomic mass is 9.92. The smallest absolute Gasteiger partial charge is 0.397 e. The number of hydrogen-bond acceptors (Lipinski definition) is 1. The zero-order valence-electron chi connectivity index (χ0n) is 9.89. The molecule has 2 N–H and O–H groups in total. The number of benzene rings is 1. The number of alkyl halides is 10. The van der Waals surface area contributed by atoms with Gasteiger partial charge in [-0.15, -0.1) is 0 Å². The summed E-state index contributed by atoms with van der Waals surface area (Å²) in [4.78, 5) is 0. The molecular formula is C10H4BrF10N. The largest absolute Gasteiger partial charge is 0.435 e. The van der Waals surface area contributed by atoms with E-state index in [0.717, 1.165) is 0 Å². The molecule has 0 saturated carbocycles. The first-order valence-electron chi connectivity index (χ1n) is 5.02. The van der Waals surface area contributed by atoms with E-state index in [2.05, 4.69) is 15.9 Å². The molecule has 1 rings (SSSR count). The van der Waals surface area contributed by atoms with Crippen LogP contribution in [0.1, 0.15) is 11.1 Å². The van der Waals surface area contributed by atoms with E-state index >= 15 is 0 Å². The summed E-state index contributed by atoms with van der Waals surface area (Å²) in [7, 11) is 0. The molecular weight excluding hydrogens is 404 g/mol. The van der Waals surface area contributed by atoms with Crippen molar-refractivity contribution < 1.29 is 43.9 Å². The second-order valence-electron chi connectivity index (χ2n) is 4.07. The highest BCUT2D eigenvalue weighted by Crippen LogP contribution is 2.54. The lowest BCUT2D eigenvalue weighted by Gasteiger charge is -2.31. The van der Waals surface area contributed by atoms with E-state index in [1.54, 1.807) is 0 Å². The summed E-state index contributed by atoms with van der Waals surface area (Å²) in [6.07, 6.45) is -18.4. The zero-order chi connectivity index (χ0) is 17.7. The van der Waals surface area contributed by atoms with Crippen LogP contribution in [-0.4, -0.2) is 12.4 Å². The molecule has 0 spiro atoms. The van der Waals surface area contributed by atoms with Gasteiger partial charge in [-0.1, -0.05) is 0 Å². The topological polar surface area (TPSA) is 26.0 Å². The minimum Gasteiger partial charge on any atom is -0.397 e. The van der Waals surface area contributed by atoms with E-state index in [1.807, 2.05) is 0 Å². The highest BCUT2D eigenvalue weighted by Gasteiger charge is 2.73. The molecule has 0 radical (unpaired) electrons. The summed E-state index contributed by atoms with van der Waals surface area (Å²) in [5, 5.41) is 0. The van der Waals surface area contributed by atoms with E-state index in [1.165, 1.54) is 0 Å². The molecule has 0 amide bonds. The standard InChI is InChI=1S/C10H4BrF10N/c11-5-2-3(1-4(6(5)22)8(13,14)15)7(12,9(16,17)18)10(19,20)21/h1-2H,22H2. The number of hydrogen-bond donors (Lipinski definition) is 1. The van der Waals surface area contributed by atoms with Crippen molar-refractivity contribution >= 4 is 21.6 Å². The molecule has 0 bridgehead atoms. The summed E-state index contributed by atoms with van der Waals surface area (Å²) in [5.41, 5.74) is -6.49. The third kappa shape index (κ3) is 2.97. The number of halogens is 11. The van der Waals surface area contributed by atoms with Crippen LogP contribution in [0.2, 0.25) is 0 Å². The van der Waals surface area contributed by atoms with Crippen LogP contribution < -0.4 is 5.73 Å². The molecule has 126 valence electrons. The van der Waals surface area contributed by atoms with Gasteiger partial charge in [-0.25, -0.2) is 4.39 Å². The number of nitrogens with two attached hydrogens (primary N) is 1. The van der Waals surface area contributed by atoms with E-state index < -0.39 is 51.6 Å². The molecule has 1 aromatic carbocycles. The highest BCUT2D eigenvalue weighted by molar-refractivity contribution is 9.10. The second-order valence-corrected chi connectivity index (χ2v) is 4.93. The normalized spacial score (nSPS) is 14.3. The van der Waals surface area contributed by atoms with Gasteiger partial charge >= 0.3 is 24.2 Å². The van der Waals surface area contributed by atoms with Gasteiger partial charge in [0.05, 0.1) is 11.3 Å². The van der Waals surface area contributed by atoms with Gasteiger partial charge in [0.25, 0.3) is 0 Å². The van der Waals surface area contributed by atoms with Crippen molar-refractivity contribution in [1.82, 2.24) is 0 Å². The minimum atomic E-state index is -6.52. The first-order valence-corrected chi connectivity index (χ1v) is 5.82. The van der Waals surface area contributed by atoms with E-state index in [0.29, 0.717) is 0 Å². The third-order valence-electron chi connectivity index (χ3n) is 2.61. The molecule has 0 aliphatic carbocycles. The van der Waals surface area contributed by atoms with Gasteiger partial charge in [-0.2, -0.15) is 39.5 Å². The fraction of sp³-hybridized carbons (Fsp3) is 0.400. The maximum Gasteiger partial charge on any atom is 0.435 e. The van der Waals surface area contributed by atoms with Crippen molar-refractivity contribution in [2.45, 2.75) is 24.2 Å². The van der Waals surface area contributed by atoms with Crippen LogP contribution in [0.5, 0.6) is 0 Å². The van der Waals surface area contributed by atoms with Crippen LogP contribution >= 0.6 is 15.9 Å². The molecule has 22 heavy (non-hydrogen) atoms. The Balaban J connectivity index is 3.78. The molecule has 0 heterocycles. The molecule has 0 atom stereocenters. The zero-order valence-corrected chi connectivity index (χ0v) is 11.5. The Labute approximate surface area is 124 Å². The SMILES string of the molecule is Nc1c(Br)cc(C(F)(C(F)(F)F)C(F)(F)F)cc1C(F)(F)F. The van der Waals surface area contributed by atoms with Crippen LogP contribution in [0.25, 0.3) is 0 Å². The number of rotatable bonds is 1. The number of nitrogen functional groups attached to an aromatic ring is 1. The van der Waals surface area contributed by atoms with Crippen molar-refractivity contribution in [1.29, 1.82) is 0 Å². The Hall–Kier alpha value is -1.20. The monoisotopic (exact) mass is 407 g/mol. The molecule has 0 aromatic heterocycles. The highest BCUT2D eigenvalue weighted by atomic mass is 79.9. The summed E-state index contributed by atoms with van der Waals surface area (Å²) < 4.78 is 126. The number of anilines is 1. The van der Waals surface area contributed by atoms with Gasteiger partial charge in [-0.05, 0) is 28.1 Å². The van der Waals surface area contributed by atoms with Crippen LogP contribution in [0.15, 0.2) is 16.6 Å². The predicted octanol–water partition coefficient (Wildman–Crippen LogP) is 5.34. The summed E-state index contributed by atoms with van der Waals surface area (Å²) in [6, 6.07) is -0.702.